The number of nitro groups is 1. The fourth-order valence-corrected chi connectivity index (χ4v) is 3.45. The Bertz CT molecular complexity index is 1150. The molecule has 172 valence electrons. The van der Waals surface area contributed by atoms with Crippen molar-refractivity contribution in [3.05, 3.63) is 86.9 Å². The number of nitrogens with zero attached hydrogens (tertiary/aromatic N) is 4. The maximum absolute atomic E-state index is 12.8. The summed E-state index contributed by atoms with van der Waals surface area (Å²) >= 11 is 6.04. The zero-order chi connectivity index (χ0) is 24.0. The quantitative estimate of drug-likeness (QED) is 0.365. The van der Waals surface area contributed by atoms with Gasteiger partial charge in [0.05, 0.1) is 22.1 Å². The molecular formula is C22H23ClN6O4. The SMILES string of the molecule is CC(C)C(NC(=O)c1ccc([N+](=O)[O-])cc1Cl)C(=O)NCc1cccc(Cn2cncn2)c1. The minimum absolute atomic E-state index is 0.0570. The molecule has 33 heavy (non-hydrogen) atoms. The number of nitro benzene ring substituents is 1. The molecule has 10 nitrogen and oxygen atoms in total. The lowest BCUT2D eigenvalue weighted by Gasteiger charge is -2.22. The predicted octanol–water partition coefficient (Wildman–Crippen LogP) is 2.96. The van der Waals surface area contributed by atoms with Crippen LogP contribution in [-0.2, 0) is 17.9 Å². The van der Waals surface area contributed by atoms with Crippen molar-refractivity contribution < 1.29 is 14.5 Å². The number of aromatic nitrogens is 3. The number of benzene rings is 2. The Kier molecular flexibility index (Phi) is 7.73. The van der Waals surface area contributed by atoms with Crippen molar-refractivity contribution in [2.45, 2.75) is 33.0 Å². The second-order valence-electron chi connectivity index (χ2n) is 7.75. The molecule has 3 rings (SSSR count). The Morgan fingerprint density at radius 2 is 1.94 bits per heavy atom. The fraction of sp³-hybridized carbons (Fsp3) is 0.273. The molecular weight excluding hydrogens is 448 g/mol. The van der Waals surface area contributed by atoms with Crippen molar-refractivity contribution in [1.29, 1.82) is 0 Å². The van der Waals surface area contributed by atoms with Gasteiger partial charge in [0, 0.05) is 18.7 Å². The van der Waals surface area contributed by atoms with Crippen molar-refractivity contribution >= 4 is 29.1 Å². The molecule has 2 amide bonds. The molecule has 0 aliphatic carbocycles. The van der Waals surface area contributed by atoms with Gasteiger partial charge in [-0.05, 0) is 23.1 Å². The molecule has 1 heterocycles. The number of nitrogens with one attached hydrogen (secondary N) is 2. The number of carbonyl (C=O) groups excluding carboxylic acids is 2. The van der Waals surface area contributed by atoms with Crippen LogP contribution in [0.5, 0.6) is 0 Å². The van der Waals surface area contributed by atoms with Gasteiger partial charge in [-0.2, -0.15) is 5.10 Å². The summed E-state index contributed by atoms with van der Waals surface area (Å²) in [5.74, 6) is -1.14. The summed E-state index contributed by atoms with van der Waals surface area (Å²) in [7, 11) is 0. The van der Waals surface area contributed by atoms with Crippen LogP contribution in [0.1, 0.15) is 35.3 Å². The van der Waals surface area contributed by atoms with E-state index < -0.39 is 16.9 Å². The minimum atomic E-state index is -0.818. The van der Waals surface area contributed by atoms with Gasteiger partial charge in [0.25, 0.3) is 11.6 Å². The van der Waals surface area contributed by atoms with Gasteiger partial charge in [-0.25, -0.2) is 9.67 Å². The van der Waals surface area contributed by atoms with E-state index >= 15 is 0 Å². The first kappa shape index (κ1) is 23.9. The van der Waals surface area contributed by atoms with Crippen LogP contribution in [0.15, 0.2) is 55.1 Å². The predicted molar refractivity (Wildman–Crippen MR) is 122 cm³/mol. The Hall–Kier alpha value is -3.79. The Morgan fingerprint density at radius 3 is 2.58 bits per heavy atom. The van der Waals surface area contributed by atoms with Gasteiger partial charge in [0.15, 0.2) is 0 Å². The van der Waals surface area contributed by atoms with Gasteiger partial charge in [0.1, 0.15) is 18.7 Å². The van der Waals surface area contributed by atoms with Crippen molar-refractivity contribution in [1.82, 2.24) is 25.4 Å². The van der Waals surface area contributed by atoms with E-state index in [0.29, 0.717) is 6.54 Å². The van der Waals surface area contributed by atoms with E-state index in [1.165, 1.54) is 18.5 Å². The van der Waals surface area contributed by atoms with Crippen LogP contribution in [0.2, 0.25) is 5.02 Å². The lowest BCUT2D eigenvalue weighted by Crippen LogP contribution is -2.49. The third kappa shape index (κ3) is 6.36. The smallest absolute Gasteiger partial charge is 0.270 e. The summed E-state index contributed by atoms with van der Waals surface area (Å²) in [5, 5.41) is 20.4. The van der Waals surface area contributed by atoms with E-state index in [1.807, 2.05) is 24.3 Å². The molecule has 1 unspecified atom stereocenters. The average Bonchev–Trinajstić information content (AvgIpc) is 3.28. The molecule has 11 heteroatoms. The van der Waals surface area contributed by atoms with Crippen LogP contribution in [-0.4, -0.2) is 37.5 Å². The van der Waals surface area contributed by atoms with Gasteiger partial charge in [-0.3, -0.25) is 19.7 Å². The topological polar surface area (TPSA) is 132 Å². The monoisotopic (exact) mass is 470 g/mol. The van der Waals surface area contributed by atoms with Crippen LogP contribution in [0.25, 0.3) is 0 Å². The zero-order valence-corrected chi connectivity index (χ0v) is 18.8. The summed E-state index contributed by atoms with van der Waals surface area (Å²) in [4.78, 5) is 39.7. The van der Waals surface area contributed by atoms with E-state index in [0.717, 1.165) is 17.2 Å². The molecule has 1 atom stereocenters. The van der Waals surface area contributed by atoms with Crippen LogP contribution in [0, 0.1) is 16.0 Å². The number of halogens is 1. The second kappa shape index (κ2) is 10.7. The Morgan fingerprint density at radius 1 is 1.18 bits per heavy atom. The largest absolute Gasteiger partial charge is 0.350 e. The van der Waals surface area contributed by atoms with Gasteiger partial charge < -0.3 is 10.6 Å². The van der Waals surface area contributed by atoms with Gasteiger partial charge in [0.2, 0.25) is 5.91 Å². The molecule has 0 aliphatic rings. The highest BCUT2D eigenvalue weighted by Crippen LogP contribution is 2.22. The molecule has 0 saturated carbocycles. The number of hydrogen-bond acceptors (Lipinski definition) is 6. The first-order valence-electron chi connectivity index (χ1n) is 10.2. The summed E-state index contributed by atoms with van der Waals surface area (Å²) < 4.78 is 1.70. The highest BCUT2D eigenvalue weighted by atomic mass is 35.5. The summed E-state index contributed by atoms with van der Waals surface area (Å²) in [6.07, 6.45) is 3.09. The molecule has 0 fully saturated rings. The zero-order valence-electron chi connectivity index (χ0n) is 18.1. The minimum Gasteiger partial charge on any atom is -0.350 e. The third-order valence-corrected chi connectivity index (χ3v) is 5.23. The fourth-order valence-electron chi connectivity index (χ4n) is 3.19. The lowest BCUT2D eigenvalue weighted by molar-refractivity contribution is -0.384. The maximum Gasteiger partial charge on any atom is 0.270 e. The average molecular weight is 471 g/mol. The lowest BCUT2D eigenvalue weighted by atomic mass is 10.0. The van der Waals surface area contributed by atoms with Crippen LogP contribution in [0.3, 0.4) is 0 Å². The highest BCUT2D eigenvalue weighted by Gasteiger charge is 2.26. The van der Waals surface area contributed by atoms with Crippen molar-refractivity contribution in [3.63, 3.8) is 0 Å². The highest BCUT2D eigenvalue weighted by molar-refractivity contribution is 6.34. The van der Waals surface area contributed by atoms with E-state index in [1.54, 1.807) is 24.9 Å². The number of hydrogen-bond donors (Lipinski definition) is 2. The first-order valence-corrected chi connectivity index (χ1v) is 10.5. The van der Waals surface area contributed by atoms with E-state index in [-0.39, 0.29) is 34.6 Å². The molecule has 0 spiro atoms. The first-order chi connectivity index (χ1) is 15.7. The number of non-ortho nitro benzene ring substituents is 1. The Labute approximate surface area is 195 Å². The molecule has 2 N–H and O–H groups in total. The number of carbonyl (C=O) groups is 2. The molecule has 2 aromatic carbocycles. The number of amides is 2. The Balaban J connectivity index is 1.63. The van der Waals surface area contributed by atoms with E-state index in [9.17, 15) is 19.7 Å². The molecule has 0 bridgehead atoms. The summed E-state index contributed by atoms with van der Waals surface area (Å²) in [5.41, 5.74) is 1.74. The molecule has 3 aromatic rings. The molecule has 0 radical (unpaired) electrons. The van der Waals surface area contributed by atoms with Gasteiger partial charge >= 0.3 is 0 Å². The van der Waals surface area contributed by atoms with Gasteiger partial charge in [-0.1, -0.05) is 49.7 Å². The van der Waals surface area contributed by atoms with E-state index in [4.69, 9.17) is 11.6 Å². The second-order valence-corrected chi connectivity index (χ2v) is 8.15. The van der Waals surface area contributed by atoms with E-state index in [2.05, 4.69) is 20.7 Å². The summed E-state index contributed by atoms with van der Waals surface area (Å²) in [6.45, 7) is 4.45. The van der Waals surface area contributed by atoms with Gasteiger partial charge in [-0.15, -0.1) is 0 Å². The van der Waals surface area contributed by atoms with Crippen molar-refractivity contribution in [2.24, 2.45) is 5.92 Å². The van der Waals surface area contributed by atoms with Crippen LogP contribution < -0.4 is 10.6 Å². The molecule has 0 saturated heterocycles. The third-order valence-electron chi connectivity index (χ3n) is 4.91. The van der Waals surface area contributed by atoms with Crippen LogP contribution >= 0.6 is 11.6 Å². The number of rotatable bonds is 9. The normalized spacial score (nSPS) is 11.8. The standard InChI is InChI=1S/C22H23ClN6O4/c1-14(2)20(27-21(30)18-7-6-17(29(32)33)9-19(18)23)22(31)25-10-15-4-3-5-16(8-15)11-28-13-24-12-26-28/h3-9,12-14,20H,10-11H2,1-2H3,(H,25,31)(H,27,30). The summed E-state index contributed by atoms with van der Waals surface area (Å²) in [6, 6.07) is 10.5. The maximum atomic E-state index is 12.8. The van der Waals surface area contributed by atoms with Crippen molar-refractivity contribution in [3.8, 4) is 0 Å². The van der Waals surface area contributed by atoms with Crippen molar-refractivity contribution in [2.75, 3.05) is 0 Å². The molecule has 0 aliphatic heterocycles. The molecule has 1 aromatic heterocycles. The van der Waals surface area contributed by atoms with Crippen LogP contribution in [0.4, 0.5) is 5.69 Å².